The van der Waals surface area contributed by atoms with Gasteiger partial charge in [0.15, 0.2) is 0 Å². The van der Waals surface area contributed by atoms with Gasteiger partial charge in [-0.1, -0.05) is 0 Å². The Balaban J connectivity index is 1.98. The lowest BCUT2D eigenvalue weighted by molar-refractivity contribution is -0.126. The average molecular weight is 169 g/mol. The fourth-order valence-electron chi connectivity index (χ4n) is 2.14. The first-order chi connectivity index (χ1) is 5.68. The normalized spacial score (nSPS) is 34.0. The van der Waals surface area contributed by atoms with Crippen LogP contribution in [-0.2, 0) is 4.79 Å². The Morgan fingerprint density at radius 3 is 2.92 bits per heavy atom. The summed E-state index contributed by atoms with van der Waals surface area (Å²) in [5.41, 5.74) is 0. The number of fused-ring (bicyclic) bond motifs is 1. The van der Waals surface area contributed by atoms with Gasteiger partial charge in [0.25, 0.3) is 0 Å². The zero-order valence-electron chi connectivity index (χ0n) is 6.69. The van der Waals surface area contributed by atoms with Crippen LogP contribution in [-0.4, -0.2) is 34.5 Å². The van der Waals surface area contributed by atoms with Gasteiger partial charge < -0.3 is 10.0 Å². The molecule has 2 atom stereocenters. The summed E-state index contributed by atoms with van der Waals surface area (Å²) >= 11 is 0. The van der Waals surface area contributed by atoms with Crippen molar-refractivity contribution in [3.63, 3.8) is 0 Å². The molecule has 0 aromatic heterocycles. The number of nitrogens with zero attached hydrogens (tertiary/aromatic N) is 1. The lowest BCUT2D eigenvalue weighted by Gasteiger charge is -2.48. The molecule has 0 aromatic rings. The van der Waals surface area contributed by atoms with E-state index in [1.807, 2.05) is 0 Å². The number of carbonyl (C=O) groups excluding carboxylic acids is 1. The predicted molar refractivity (Wildman–Crippen MR) is 40.9 cm³/mol. The fraction of sp³-hybridized carbons (Fsp3) is 0.750. The highest BCUT2D eigenvalue weighted by molar-refractivity contribution is 5.80. The van der Waals surface area contributed by atoms with Gasteiger partial charge in [0, 0.05) is 31.3 Å². The minimum absolute atomic E-state index is 0.139. The molecule has 1 heterocycles. The predicted octanol–water partition coefficient (Wildman–Crippen LogP) is 0.718. The Bertz CT molecular complexity index is 238. The maximum atomic E-state index is 11.0. The smallest absolute Gasteiger partial charge is 0.407 e. The Morgan fingerprint density at radius 2 is 2.33 bits per heavy atom. The maximum absolute atomic E-state index is 11.0. The summed E-state index contributed by atoms with van der Waals surface area (Å²) in [6, 6.07) is 0.139. The molecule has 4 nitrogen and oxygen atoms in total. The molecule has 1 amide bonds. The number of hydrogen-bond donors (Lipinski definition) is 1. The molecule has 2 fully saturated rings. The second-order valence-corrected chi connectivity index (χ2v) is 3.54. The van der Waals surface area contributed by atoms with Gasteiger partial charge in [0.2, 0.25) is 0 Å². The third-order valence-electron chi connectivity index (χ3n) is 2.83. The third-order valence-corrected chi connectivity index (χ3v) is 2.83. The highest BCUT2D eigenvalue weighted by Crippen LogP contribution is 2.35. The van der Waals surface area contributed by atoms with Crippen LogP contribution in [0, 0.1) is 5.92 Å². The number of rotatable bonds is 0. The monoisotopic (exact) mass is 169 g/mol. The van der Waals surface area contributed by atoms with Crippen LogP contribution in [0.2, 0.25) is 0 Å². The van der Waals surface area contributed by atoms with E-state index >= 15 is 0 Å². The van der Waals surface area contributed by atoms with E-state index < -0.39 is 6.09 Å². The summed E-state index contributed by atoms with van der Waals surface area (Å²) in [7, 11) is 0. The average Bonchev–Trinajstić information content (AvgIpc) is 1.94. The van der Waals surface area contributed by atoms with Crippen molar-refractivity contribution in [3.05, 3.63) is 0 Å². The number of hydrogen-bond acceptors (Lipinski definition) is 2. The number of likely N-dealkylation sites (tertiary alicyclic amines) is 1. The molecule has 1 aliphatic carbocycles. The minimum atomic E-state index is -0.842. The van der Waals surface area contributed by atoms with Gasteiger partial charge in [-0.05, 0) is 6.42 Å². The highest BCUT2D eigenvalue weighted by atomic mass is 16.4. The number of carbonyl (C=O) groups is 2. The van der Waals surface area contributed by atoms with Crippen LogP contribution in [0.15, 0.2) is 0 Å². The van der Waals surface area contributed by atoms with Gasteiger partial charge in [-0.2, -0.15) is 0 Å². The summed E-state index contributed by atoms with van der Waals surface area (Å²) in [5.74, 6) is 0.614. The molecule has 1 aliphatic heterocycles. The first kappa shape index (κ1) is 7.58. The zero-order valence-corrected chi connectivity index (χ0v) is 6.69. The number of amides is 1. The molecule has 0 aromatic carbocycles. The number of Topliss-reactive ketones (excluding diaryl/α,β-unsaturated/α-hetero) is 1. The summed E-state index contributed by atoms with van der Waals surface area (Å²) in [5, 5.41) is 8.68. The third kappa shape index (κ3) is 0.983. The summed E-state index contributed by atoms with van der Waals surface area (Å²) in [6.45, 7) is 0.561. The van der Waals surface area contributed by atoms with Crippen LogP contribution in [0.4, 0.5) is 4.79 Å². The van der Waals surface area contributed by atoms with Gasteiger partial charge in [-0.25, -0.2) is 4.79 Å². The minimum Gasteiger partial charge on any atom is -0.465 e. The molecule has 2 aliphatic rings. The van der Waals surface area contributed by atoms with E-state index in [0.717, 1.165) is 6.42 Å². The molecule has 0 bridgehead atoms. The summed E-state index contributed by atoms with van der Waals surface area (Å²) in [4.78, 5) is 23.0. The van der Waals surface area contributed by atoms with Crippen molar-refractivity contribution < 1.29 is 14.7 Å². The molecule has 4 heteroatoms. The van der Waals surface area contributed by atoms with Crippen molar-refractivity contribution in [2.45, 2.75) is 25.3 Å². The lowest BCUT2D eigenvalue weighted by atomic mass is 9.76. The molecule has 2 rings (SSSR count). The molecule has 1 saturated carbocycles. The molecular weight excluding hydrogens is 158 g/mol. The van der Waals surface area contributed by atoms with E-state index in [9.17, 15) is 9.59 Å². The largest absolute Gasteiger partial charge is 0.465 e. The number of carboxylic acid groups (broad SMARTS) is 1. The Morgan fingerprint density at radius 1 is 1.58 bits per heavy atom. The van der Waals surface area contributed by atoms with Crippen molar-refractivity contribution in [1.29, 1.82) is 0 Å². The van der Waals surface area contributed by atoms with Gasteiger partial charge in [-0.3, -0.25) is 4.79 Å². The first-order valence-corrected chi connectivity index (χ1v) is 4.20. The van der Waals surface area contributed by atoms with Crippen LogP contribution in [0.25, 0.3) is 0 Å². The molecule has 2 unspecified atom stereocenters. The summed E-state index contributed by atoms with van der Waals surface area (Å²) < 4.78 is 0. The van der Waals surface area contributed by atoms with Gasteiger partial charge in [0.1, 0.15) is 5.78 Å². The first-order valence-electron chi connectivity index (χ1n) is 4.20. The van der Waals surface area contributed by atoms with E-state index in [1.54, 1.807) is 0 Å². The SMILES string of the molecule is O=C1CCC2C(C1)CN2C(=O)O. The van der Waals surface area contributed by atoms with Crippen LogP contribution in [0.1, 0.15) is 19.3 Å². The second kappa shape index (κ2) is 2.47. The maximum Gasteiger partial charge on any atom is 0.407 e. The molecule has 12 heavy (non-hydrogen) atoms. The van der Waals surface area contributed by atoms with E-state index in [1.165, 1.54) is 4.90 Å². The van der Waals surface area contributed by atoms with Crippen molar-refractivity contribution in [3.8, 4) is 0 Å². The van der Waals surface area contributed by atoms with Crippen LogP contribution >= 0.6 is 0 Å². The second-order valence-electron chi connectivity index (χ2n) is 3.54. The Hall–Kier alpha value is -1.06. The molecule has 66 valence electrons. The Kier molecular flexibility index (Phi) is 1.56. The lowest BCUT2D eigenvalue weighted by Crippen LogP contribution is -2.60. The topological polar surface area (TPSA) is 57.6 Å². The van der Waals surface area contributed by atoms with Gasteiger partial charge >= 0.3 is 6.09 Å². The molecule has 1 saturated heterocycles. The molecule has 0 radical (unpaired) electrons. The van der Waals surface area contributed by atoms with Crippen molar-refractivity contribution in [2.24, 2.45) is 5.92 Å². The molecule has 0 spiro atoms. The fourth-order valence-corrected chi connectivity index (χ4v) is 2.14. The van der Waals surface area contributed by atoms with Crippen molar-refractivity contribution in [2.75, 3.05) is 6.54 Å². The highest BCUT2D eigenvalue weighted by Gasteiger charge is 2.44. The van der Waals surface area contributed by atoms with E-state index in [4.69, 9.17) is 5.11 Å². The van der Waals surface area contributed by atoms with Crippen molar-refractivity contribution in [1.82, 2.24) is 4.90 Å². The quantitative estimate of drug-likeness (QED) is 0.581. The van der Waals surface area contributed by atoms with Crippen LogP contribution in [0.5, 0.6) is 0 Å². The van der Waals surface area contributed by atoms with Gasteiger partial charge in [-0.15, -0.1) is 0 Å². The Labute approximate surface area is 70.2 Å². The van der Waals surface area contributed by atoms with Crippen molar-refractivity contribution >= 4 is 11.9 Å². The molecule has 1 N–H and O–H groups in total. The zero-order chi connectivity index (χ0) is 8.72. The summed E-state index contributed by atoms with van der Waals surface area (Å²) in [6.07, 6.45) is 1.04. The van der Waals surface area contributed by atoms with Crippen LogP contribution < -0.4 is 0 Å². The van der Waals surface area contributed by atoms with E-state index in [-0.39, 0.29) is 6.04 Å². The van der Waals surface area contributed by atoms with E-state index in [0.29, 0.717) is 31.1 Å². The number of ketones is 1. The molecular formula is C8H11NO3. The van der Waals surface area contributed by atoms with Crippen LogP contribution in [0.3, 0.4) is 0 Å². The van der Waals surface area contributed by atoms with Gasteiger partial charge in [0.05, 0.1) is 0 Å². The standard InChI is InChI=1S/C8H11NO3/c10-6-1-2-7-5(3-6)4-9(7)8(11)12/h5,7H,1-4H2,(H,11,12). The van der Waals surface area contributed by atoms with E-state index in [2.05, 4.69) is 0 Å².